The van der Waals surface area contributed by atoms with Crippen molar-refractivity contribution in [3.05, 3.63) is 78.1 Å². The van der Waals surface area contributed by atoms with Gasteiger partial charge in [-0.25, -0.2) is 22.4 Å². The van der Waals surface area contributed by atoms with E-state index >= 15 is 0 Å². The molecule has 0 unspecified atom stereocenters. The smallest absolute Gasteiger partial charge is 0.414 e. The Morgan fingerprint density at radius 2 is 1.38 bits per heavy atom. The van der Waals surface area contributed by atoms with E-state index in [4.69, 9.17) is 19.8 Å². The maximum absolute atomic E-state index is 13.4. The summed E-state index contributed by atoms with van der Waals surface area (Å²) >= 11 is 0. The third-order valence-corrected chi connectivity index (χ3v) is 7.03. The van der Waals surface area contributed by atoms with Crippen molar-refractivity contribution >= 4 is 38.6 Å². The number of hydrogen-bond donors (Lipinski definition) is 2. The molecule has 2 N–H and O–H groups in total. The van der Waals surface area contributed by atoms with Crippen molar-refractivity contribution in [1.82, 2.24) is 9.21 Å². The molecule has 3 aromatic carbocycles. The second kappa shape index (κ2) is 10.4. The predicted octanol–water partition coefficient (Wildman–Crippen LogP) is 2.28. The molecule has 0 spiro atoms. The van der Waals surface area contributed by atoms with Gasteiger partial charge in [-0.3, -0.25) is 4.79 Å². The zero-order valence-corrected chi connectivity index (χ0v) is 18.6. The number of hydrogen-bond acceptors (Lipinski definition) is 5. The van der Waals surface area contributed by atoms with Gasteiger partial charge in [0.25, 0.3) is 5.91 Å². The van der Waals surface area contributed by atoms with Gasteiger partial charge in [0.1, 0.15) is 5.82 Å². The molecule has 1 amide bonds. The molecule has 4 rings (SSSR count). The number of fused-ring (bicyclic) bond motifs is 1. The number of rotatable bonds is 3. The molecule has 1 heterocycles. The largest absolute Gasteiger partial charge is 0.473 e. The predicted molar refractivity (Wildman–Crippen MR) is 120 cm³/mol. The molecule has 1 fully saturated rings. The molecule has 9 nitrogen and oxygen atoms in total. The number of benzene rings is 3. The molecule has 0 atom stereocenters. The normalized spacial score (nSPS) is 14.2. The lowest BCUT2D eigenvalue weighted by Crippen LogP contribution is -2.50. The molecule has 178 valence electrons. The Balaban J connectivity index is 0.000000481. The Morgan fingerprint density at radius 3 is 1.97 bits per heavy atom. The van der Waals surface area contributed by atoms with Gasteiger partial charge in [0, 0.05) is 31.7 Å². The number of carbonyl (C=O) groups excluding carboxylic acids is 1. The fraction of sp³-hybridized carbons (Fsp3) is 0.174. The summed E-state index contributed by atoms with van der Waals surface area (Å²) in [6.07, 6.45) is 0. The van der Waals surface area contributed by atoms with Crippen molar-refractivity contribution in [2.45, 2.75) is 4.90 Å². The average Bonchev–Trinajstić information content (AvgIpc) is 2.83. The van der Waals surface area contributed by atoms with Gasteiger partial charge in [0.15, 0.2) is 0 Å². The highest BCUT2D eigenvalue weighted by Gasteiger charge is 2.30. The SMILES string of the molecule is O=C(O)C(=O)O.O=C(c1cccc(F)c1)N1CCN(S(=O)(=O)c2ccc3ccccc3c2)CC1. The van der Waals surface area contributed by atoms with Gasteiger partial charge in [0.05, 0.1) is 4.90 Å². The summed E-state index contributed by atoms with van der Waals surface area (Å²) in [7, 11) is -3.64. The van der Waals surface area contributed by atoms with E-state index in [9.17, 15) is 17.6 Å². The van der Waals surface area contributed by atoms with Gasteiger partial charge in [-0.2, -0.15) is 4.31 Å². The summed E-state index contributed by atoms with van der Waals surface area (Å²) < 4.78 is 40.7. The van der Waals surface area contributed by atoms with Crippen molar-refractivity contribution in [2.75, 3.05) is 26.2 Å². The zero-order chi connectivity index (χ0) is 24.9. The molecule has 0 radical (unpaired) electrons. The van der Waals surface area contributed by atoms with Crippen molar-refractivity contribution < 1.29 is 37.4 Å². The van der Waals surface area contributed by atoms with Gasteiger partial charge < -0.3 is 15.1 Å². The summed E-state index contributed by atoms with van der Waals surface area (Å²) in [4.78, 5) is 32.5. The van der Waals surface area contributed by atoms with Gasteiger partial charge in [0.2, 0.25) is 10.0 Å². The van der Waals surface area contributed by atoms with E-state index < -0.39 is 27.8 Å². The molecule has 0 aliphatic carbocycles. The van der Waals surface area contributed by atoms with Crippen molar-refractivity contribution in [1.29, 1.82) is 0 Å². The Bertz CT molecular complexity index is 1320. The van der Waals surface area contributed by atoms with Crippen LogP contribution in [0.15, 0.2) is 71.6 Å². The first kappa shape index (κ1) is 24.8. The lowest BCUT2D eigenvalue weighted by atomic mass is 10.1. The van der Waals surface area contributed by atoms with Crippen LogP contribution in [0.4, 0.5) is 4.39 Å². The lowest BCUT2D eigenvalue weighted by Gasteiger charge is -2.34. The molecule has 3 aromatic rings. The van der Waals surface area contributed by atoms with E-state index in [1.165, 1.54) is 22.5 Å². The number of sulfonamides is 1. The van der Waals surface area contributed by atoms with Crippen LogP contribution in [0.1, 0.15) is 10.4 Å². The number of amides is 1. The summed E-state index contributed by atoms with van der Waals surface area (Å²) in [6.45, 7) is 0.941. The van der Waals surface area contributed by atoms with Crippen LogP contribution in [0.3, 0.4) is 0 Å². The van der Waals surface area contributed by atoms with E-state index in [-0.39, 0.29) is 42.5 Å². The van der Waals surface area contributed by atoms with Crippen LogP contribution >= 0.6 is 0 Å². The monoisotopic (exact) mass is 488 g/mol. The number of aliphatic carboxylic acids is 2. The van der Waals surface area contributed by atoms with E-state index in [0.717, 1.165) is 10.8 Å². The summed E-state index contributed by atoms with van der Waals surface area (Å²) in [6, 6.07) is 18.2. The van der Waals surface area contributed by atoms with Crippen LogP contribution in [0.2, 0.25) is 0 Å². The first-order valence-corrected chi connectivity index (χ1v) is 11.5. The van der Waals surface area contributed by atoms with Gasteiger partial charge in [-0.1, -0.05) is 36.4 Å². The lowest BCUT2D eigenvalue weighted by molar-refractivity contribution is -0.159. The summed E-state index contributed by atoms with van der Waals surface area (Å²) in [5.74, 6) is -4.41. The van der Waals surface area contributed by atoms with Gasteiger partial charge >= 0.3 is 11.9 Å². The molecule has 0 bridgehead atoms. The fourth-order valence-corrected chi connectivity index (χ4v) is 4.87. The topological polar surface area (TPSA) is 132 Å². The first-order chi connectivity index (χ1) is 16.1. The van der Waals surface area contributed by atoms with Crippen LogP contribution in [-0.2, 0) is 19.6 Å². The number of nitrogens with zero attached hydrogens (tertiary/aromatic N) is 2. The summed E-state index contributed by atoms with van der Waals surface area (Å²) in [5, 5.41) is 16.6. The van der Waals surface area contributed by atoms with Crippen molar-refractivity contribution in [3.63, 3.8) is 0 Å². The van der Waals surface area contributed by atoms with E-state index in [2.05, 4.69) is 0 Å². The molecule has 34 heavy (non-hydrogen) atoms. The second-order valence-corrected chi connectivity index (χ2v) is 9.26. The minimum Gasteiger partial charge on any atom is -0.473 e. The second-order valence-electron chi connectivity index (χ2n) is 7.33. The Morgan fingerprint density at radius 1 is 0.765 bits per heavy atom. The quantitative estimate of drug-likeness (QED) is 0.541. The Kier molecular flexibility index (Phi) is 7.59. The van der Waals surface area contributed by atoms with E-state index in [1.807, 2.05) is 24.3 Å². The standard InChI is InChI=1S/C21H19FN2O3S.C2H2O4/c22-19-7-3-6-18(14-19)21(25)23-10-12-24(13-11-23)28(26,27)20-9-8-16-4-1-2-5-17(16)15-20;3-1(4)2(5)6/h1-9,14-15H,10-13H2;(H,3,4)(H,5,6). The molecule has 0 aromatic heterocycles. The highest BCUT2D eigenvalue weighted by Crippen LogP contribution is 2.23. The maximum Gasteiger partial charge on any atom is 0.414 e. The molecular formula is C23H21FN2O7S. The van der Waals surface area contributed by atoms with Crippen LogP contribution in [0.5, 0.6) is 0 Å². The molecule has 1 aliphatic rings. The van der Waals surface area contributed by atoms with E-state index in [1.54, 1.807) is 29.2 Å². The zero-order valence-electron chi connectivity index (χ0n) is 17.8. The van der Waals surface area contributed by atoms with Crippen LogP contribution < -0.4 is 0 Å². The van der Waals surface area contributed by atoms with Gasteiger partial charge in [-0.05, 0) is 41.1 Å². The van der Waals surface area contributed by atoms with Crippen molar-refractivity contribution in [2.24, 2.45) is 0 Å². The highest BCUT2D eigenvalue weighted by molar-refractivity contribution is 7.89. The molecule has 11 heteroatoms. The first-order valence-electron chi connectivity index (χ1n) is 10.1. The van der Waals surface area contributed by atoms with Crippen LogP contribution in [0.25, 0.3) is 10.8 Å². The average molecular weight is 488 g/mol. The molecule has 1 saturated heterocycles. The number of halogens is 1. The minimum atomic E-state index is -3.64. The number of carbonyl (C=O) groups is 3. The molecule has 0 saturated carbocycles. The minimum absolute atomic E-state index is 0.205. The number of carboxylic acids is 2. The van der Waals surface area contributed by atoms with Crippen LogP contribution in [-0.4, -0.2) is 71.9 Å². The maximum atomic E-state index is 13.4. The molecular weight excluding hydrogens is 467 g/mol. The third-order valence-electron chi connectivity index (χ3n) is 5.14. The summed E-state index contributed by atoms with van der Waals surface area (Å²) in [5.41, 5.74) is 0.269. The third kappa shape index (κ3) is 5.74. The number of carboxylic acid groups (broad SMARTS) is 2. The Labute approximate surface area is 194 Å². The van der Waals surface area contributed by atoms with Gasteiger partial charge in [-0.15, -0.1) is 0 Å². The highest BCUT2D eigenvalue weighted by atomic mass is 32.2. The van der Waals surface area contributed by atoms with Crippen molar-refractivity contribution in [3.8, 4) is 0 Å². The fourth-order valence-electron chi connectivity index (χ4n) is 3.41. The van der Waals surface area contributed by atoms with Crippen LogP contribution in [0, 0.1) is 5.82 Å². The molecule has 1 aliphatic heterocycles. The van der Waals surface area contributed by atoms with E-state index in [0.29, 0.717) is 0 Å². The number of piperazine rings is 1. The Hall–Kier alpha value is -3.83.